The van der Waals surface area contributed by atoms with Crippen molar-refractivity contribution in [1.82, 2.24) is 0 Å². The summed E-state index contributed by atoms with van der Waals surface area (Å²) in [6.07, 6.45) is 1.79. The molecule has 9 heteroatoms. The van der Waals surface area contributed by atoms with E-state index in [1.54, 1.807) is 11.0 Å². The van der Waals surface area contributed by atoms with E-state index in [9.17, 15) is 18.4 Å². The summed E-state index contributed by atoms with van der Waals surface area (Å²) in [6, 6.07) is 10.0. The van der Waals surface area contributed by atoms with E-state index in [0.717, 1.165) is 17.4 Å². The van der Waals surface area contributed by atoms with Crippen LogP contribution in [0.3, 0.4) is 0 Å². The van der Waals surface area contributed by atoms with Crippen LogP contribution in [0.1, 0.15) is 40.7 Å². The van der Waals surface area contributed by atoms with E-state index in [4.69, 9.17) is 23.2 Å². The zero-order chi connectivity index (χ0) is 21.6. The lowest BCUT2D eigenvalue weighted by Gasteiger charge is -2.43. The number of anilines is 2. The van der Waals surface area contributed by atoms with Crippen LogP contribution in [0.5, 0.6) is 0 Å². The highest BCUT2D eigenvalue weighted by Gasteiger charge is 2.59. The number of hydrogen-bond donors (Lipinski definition) is 1. The van der Waals surface area contributed by atoms with Gasteiger partial charge in [-0.05, 0) is 73.4 Å². The van der Waals surface area contributed by atoms with Gasteiger partial charge >= 0.3 is 0 Å². The number of nitriles is 1. The molecule has 0 unspecified atom stereocenters. The van der Waals surface area contributed by atoms with Crippen LogP contribution < -0.4 is 15.5 Å². The van der Waals surface area contributed by atoms with Crippen LogP contribution in [-0.4, -0.2) is 22.5 Å². The number of nitrogens with two attached hydrogens (primary N) is 1. The molecule has 6 nitrogen and oxygen atoms in total. The Hall–Kier alpha value is -3.38. The number of carbonyl (C=O) groups excluding carboxylic acids is 2. The quantitative estimate of drug-likeness (QED) is 0.758. The van der Waals surface area contributed by atoms with Crippen molar-refractivity contribution >= 4 is 40.5 Å². The summed E-state index contributed by atoms with van der Waals surface area (Å²) in [5.74, 6) is -1.87. The van der Waals surface area contributed by atoms with Gasteiger partial charge < -0.3 is 10.6 Å². The molecule has 1 aliphatic heterocycles. The average molecular weight is 426 g/mol. The molecule has 30 heavy (non-hydrogen) atoms. The lowest BCUT2D eigenvalue weighted by Crippen LogP contribution is -2.55. The second-order valence-corrected chi connectivity index (χ2v) is 7.63. The summed E-state index contributed by atoms with van der Waals surface area (Å²) in [5, 5.41) is 9.01. The molecule has 0 atom stereocenters. The first-order valence-electron chi connectivity index (χ1n) is 9.21. The van der Waals surface area contributed by atoms with Gasteiger partial charge in [-0.15, -0.1) is 0 Å². The summed E-state index contributed by atoms with van der Waals surface area (Å²) in [6.45, 7) is -0.915. The van der Waals surface area contributed by atoms with Crippen molar-refractivity contribution in [3.63, 3.8) is 0 Å². The maximum absolute atomic E-state index is 14.7. The Morgan fingerprint density at radius 1 is 1.27 bits per heavy atom. The summed E-state index contributed by atoms with van der Waals surface area (Å²) < 4.78 is 28.2. The van der Waals surface area contributed by atoms with Gasteiger partial charge in [-0.2, -0.15) is 5.26 Å². The molecule has 2 aromatic rings. The predicted octanol–water partition coefficient (Wildman–Crippen LogP) is 3.33. The zero-order valence-corrected chi connectivity index (χ0v) is 16.5. The Labute approximate surface area is 176 Å². The molecule has 1 spiro atoms. The second-order valence-electron chi connectivity index (χ2n) is 7.26. The number of halogens is 2. The minimum atomic E-state index is -0.987. The number of amides is 2. The topological polar surface area (TPSA) is 90.4 Å². The summed E-state index contributed by atoms with van der Waals surface area (Å²) >= 11 is 5.55. The van der Waals surface area contributed by atoms with E-state index < -0.39 is 23.9 Å². The highest BCUT2D eigenvalue weighted by atomic mass is 32.1. The Bertz CT molecular complexity index is 1140. The van der Waals surface area contributed by atoms with Gasteiger partial charge in [0.05, 0.1) is 17.3 Å². The first kappa shape index (κ1) is 19.9. The molecule has 2 aliphatic rings. The van der Waals surface area contributed by atoms with Crippen LogP contribution in [0.4, 0.5) is 20.2 Å². The Morgan fingerprint density at radius 3 is 2.53 bits per heavy atom. The fraction of sp³-hybridized carbons (Fsp3) is 0.238. The fourth-order valence-corrected chi connectivity index (χ4v) is 4.48. The molecule has 1 saturated carbocycles. The molecule has 1 aliphatic carbocycles. The molecule has 2 N–H and O–H groups in total. The highest BCUT2D eigenvalue weighted by molar-refractivity contribution is 7.81. The van der Waals surface area contributed by atoms with E-state index in [1.165, 1.54) is 24.3 Å². The molecule has 1 saturated heterocycles. The molecule has 0 bridgehead atoms. The molecule has 2 fully saturated rings. The molecule has 2 amide bonds. The minimum absolute atomic E-state index is 0.0442. The van der Waals surface area contributed by atoms with Crippen molar-refractivity contribution in [2.24, 2.45) is 5.73 Å². The number of hydrogen-bond acceptors (Lipinski definition) is 4. The number of nitrogens with zero attached hydrogens (tertiary/aromatic N) is 3. The van der Waals surface area contributed by atoms with Crippen LogP contribution in [0, 0.1) is 17.1 Å². The van der Waals surface area contributed by atoms with E-state index in [0.29, 0.717) is 18.5 Å². The minimum Gasteiger partial charge on any atom is -0.366 e. The van der Waals surface area contributed by atoms with Crippen molar-refractivity contribution in [1.29, 1.82) is 5.26 Å². The maximum atomic E-state index is 14.7. The lowest BCUT2D eigenvalue weighted by molar-refractivity contribution is -0.123. The third kappa shape index (κ3) is 2.75. The van der Waals surface area contributed by atoms with Gasteiger partial charge in [-0.1, -0.05) is 0 Å². The van der Waals surface area contributed by atoms with Crippen LogP contribution in [-0.2, 0) is 11.5 Å². The first-order chi connectivity index (χ1) is 14.3. The van der Waals surface area contributed by atoms with Crippen molar-refractivity contribution < 1.29 is 18.4 Å². The van der Waals surface area contributed by atoms with E-state index in [2.05, 4.69) is 0 Å². The predicted molar refractivity (Wildman–Crippen MR) is 110 cm³/mol. The van der Waals surface area contributed by atoms with Gasteiger partial charge in [0.15, 0.2) is 5.11 Å². The lowest BCUT2D eigenvalue weighted by atomic mass is 9.75. The largest absolute Gasteiger partial charge is 0.366 e. The molecule has 1 heterocycles. The third-order valence-corrected chi connectivity index (χ3v) is 6.03. The standard InChI is InChI=1S/C21H16F2N4O2S/c22-10-13-9-14(3-4-15(13)18(25)28)27-20(30)26(19(29)21(27)6-1-7-21)17-5-2-12(11-24)8-16(17)23/h2-5,8-9H,1,6-7,10H2,(H2,25,28). The molecule has 2 aromatic carbocycles. The summed E-state index contributed by atoms with van der Waals surface area (Å²) in [7, 11) is 0. The number of carbonyl (C=O) groups is 2. The number of thiocarbonyl (C=S) groups is 1. The SMILES string of the molecule is N#Cc1ccc(N2C(=O)C3(CCC3)N(c3ccc(C(N)=O)c(CF)c3)C2=S)c(F)c1. The average Bonchev–Trinajstić information content (AvgIpc) is 2.94. The van der Waals surface area contributed by atoms with E-state index in [1.807, 2.05) is 6.07 Å². The molecule has 152 valence electrons. The molecular weight excluding hydrogens is 410 g/mol. The number of benzene rings is 2. The van der Waals surface area contributed by atoms with Crippen LogP contribution in [0.15, 0.2) is 36.4 Å². The van der Waals surface area contributed by atoms with Gasteiger partial charge in [0.2, 0.25) is 5.91 Å². The highest BCUT2D eigenvalue weighted by Crippen LogP contribution is 2.48. The van der Waals surface area contributed by atoms with Crippen LogP contribution in [0.25, 0.3) is 0 Å². The normalized spacial score (nSPS) is 17.2. The van der Waals surface area contributed by atoms with Crippen LogP contribution >= 0.6 is 12.2 Å². The first-order valence-corrected chi connectivity index (χ1v) is 9.62. The second kappa shape index (κ2) is 7.15. The molecule has 0 aromatic heterocycles. The van der Waals surface area contributed by atoms with Gasteiger partial charge in [-0.25, -0.2) is 8.78 Å². The fourth-order valence-electron chi connectivity index (χ4n) is 4.02. The number of primary amides is 1. The molecular formula is C21H16F2N4O2S. The third-order valence-electron chi connectivity index (χ3n) is 5.67. The summed E-state index contributed by atoms with van der Waals surface area (Å²) in [5.41, 5.74) is 4.97. The maximum Gasteiger partial charge on any atom is 0.259 e. The Morgan fingerprint density at radius 2 is 2.00 bits per heavy atom. The van der Waals surface area contributed by atoms with Gasteiger partial charge in [0, 0.05) is 11.3 Å². The Kier molecular flexibility index (Phi) is 4.74. The van der Waals surface area contributed by atoms with Crippen LogP contribution in [0.2, 0.25) is 0 Å². The smallest absolute Gasteiger partial charge is 0.259 e. The zero-order valence-electron chi connectivity index (χ0n) is 15.7. The van der Waals surface area contributed by atoms with Crippen molar-refractivity contribution in [2.75, 3.05) is 9.80 Å². The Balaban J connectivity index is 1.82. The molecule has 0 radical (unpaired) electrons. The van der Waals surface area contributed by atoms with E-state index in [-0.39, 0.29) is 33.4 Å². The monoisotopic (exact) mass is 426 g/mol. The van der Waals surface area contributed by atoms with Crippen molar-refractivity contribution in [2.45, 2.75) is 31.5 Å². The number of rotatable bonds is 4. The van der Waals surface area contributed by atoms with Gasteiger partial charge in [0.25, 0.3) is 5.91 Å². The number of alkyl halides is 1. The summed E-state index contributed by atoms with van der Waals surface area (Å²) in [4.78, 5) is 27.6. The van der Waals surface area contributed by atoms with E-state index >= 15 is 0 Å². The van der Waals surface area contributed by atoms with Gasteiger partial charge in [0.1, 0.15) is 18.0 Å². The molecule has 4 rings (SSSR count). The van der Waals surface area contributed by atoms with Gasteiger partial charge in [-0.3, -0.25) is 14.5 Å². The van der Waals surface area contributed by atoms with Crippen molar-refractivity contribution in [3.05, 3.63) is 58.9 Å². The van der Waals surface area contributed by atoms with Crippen molar-refractivity contribution in [3.8, 4) is 6.07 Å².